The Morgan fingerprint density at radius 3 is 2.43 bits per heavy atom. The molecule has 0 aliphatic heterocycles. The molecule has 0 heterocycles. The first-order valence-corrected chi connectivity index (χ1v) is 11.4. The van der Waals surface area contributed by atoms with Crippen LogP contribution in [0, 0.1) is 0 Å². The van der Waals surface area contributed by atoms with E-state index in [0.29, 0.717) is 11.6 Å². The van der Waals surface area contributed by atoms with E-state index in [9.17, 15) is 4.79 Å². The van der Waals surface area contributed by atoms with Crippen molar-refractivity contribution in [3.63, 3.8) is 0 Å². The van der Waals surface area contributed by atoms with Crippen molar-refractivity contribution in [1.29, 1.82) is 0 Å². The Balaban J connectivity index is 1.66. The van der Waals surface area contributed by atoms with Gasteiger partial charge in [0.15, 0.2) is 0 Å². The second kappa shape index (κ2) is 10.8. The number of carbonyl (C=O) groups excluding carboxylic acids is 1. The largest absolute Gasteiger partial charge is 0.496 e. The van der Waals surface area contributed by atoms with Crippen LogP contribution in [0.15, 0.2) is 47.4 Å². The molecule has 2 aromatic carbocycles. The monoisotopic (exact) mass is 417 g/mol. The predicted molar refractivity (Wildman–Crippen MR) is 118 cm³/mol. The highest BCUT2D eigenvalue weighted by Crippen LogP contribution is 2.29. The minimum atomic E-state index is 0.0194. The number of amides is 1. The average Bonchev–Trinajstić information content (AvgIpc) is 2.69. The standard InChI is InChI=1S/C23H28ClNO2S/c1-27-22-14-9-17(23(26)25-20-7-5-3-2-4-6-8-20)15-18(22)16-28-21-12-10-19(24)11-13-21/h9-15,20H,2-8,16H2,1H3,(H,25,26). The van der Waals surface area contributed by atoms with E-state index < -0.39 is 0 Å². The van der Waals surface area contributed by atoms with Crippen molar-refractivity contribution < 1.29 is 9.53 Å². The maximum atomic E-state index is 12.8. The van der Waals surface area contributed by atoms with Gasteiger partial charge in [-0.3, -0.25) is 4.79 Å². The van der Waals surface area contributed by atoms with E-state index in [1.807, 2.05) is 42.5 Å². The number of benzene rings is 2. The number of nitrogens with one attached hydrogen (secondary N) is 1. The van der Waals surface area contributed by atoms with E-state index in [-0.39, 0.29) is 5.91 Å². The summed E-state index contributed by atoms with van der Waals surface area (Å²) in [5.41, 5.74) is 1.72. The van der Waals surface area contributed by atoms with Crippen LogP contribution in [0.25, 0.3) is 0 Å². The number of hydrogen-bond donors (Lipinski definition) is 1. The lowest BCUT2D eigenvalue weighted by Crippen LogP contribution is -2.35. The minimum absolute atomic E-state index is 0.0194. The summed E-state index contributed by atoms with van der Waals surface area (Å²) >= 11 is 7.66. The SMILES string of the molecule is COc1ccc(C(=O)NC2CCCCCCC2)cc1CSc1ccc(Cl)cc1. The third-order valence-corrected chi connectivity index (χ3v) is 6.50. The average molecular weight is 418 g/mol. The maximum absolute atomic E-state index is 12.8. The lowest BCUT2D eigenvalue weighted by molar-refractivity contribution is 0.0930. The van der Waals surface area contributed by atoms with Crippen LogP contribution in [-0.2, 0) is 5.75 Å². The molecule has 0 unspecified atom stereocenters. The molecule has 2 aromatic rings. The highest BCUT2D eigenvalue weighted by molar-refractivity contribution is 7.98. The van der Waals surface area contributed by atoms with E-state index >= 15 is 0 Å². The van der Waals surface area contributed by atoms with Crippen molar-refractivity contribution in [3.8, 4) is 5.75 Å². The molecule has 1 saturated carbocycles. The molecule has 1 fully saturated rings. The van der Waals surface area contributed by atoms with E-state index in [0.717, 1.165) is 39.8 Å². The Bertz CT molecular complexity index is 771. The van der Waals surface area contributed by atoms with Crippen molar-refractivity contribution in [1.82, 2.24) is 5.32 Å². The van der Waals surface area contributed by atoms with E-state index in [1.165, 1.54) is 32.1 Å². The molecule has 1 aliphatic rings. The zero-order valence-corrected chi connectivity index (χ0v) is 18.0. The normalized spacial score (nSPS) is 15.5. The van der Waals surface area contributed by atoms with Crippen LogP contribution in [0.1, 0.15) is 60.9 Å². The second-order valence-corrected chi connectivity index (χ2v) is 8.77. The summed E-state index contributed by atoms with van der Waals surface area (Å²) in [6.45, 7) is 0. The fraction of sp³-hybridized carbons (Fsp3) is 0.435. The number of halogens is 1. The summed E-state index contributed by atoms with van der Waals surface area (Å²) in [5, 5.41) is 3.98. The summed E-state index contributed by atoms with van der Waals surface area (Å²) in [6.07, 6.45) is 8.46. The van der Waals surface area contributed by atoms with Crippen LogP contribution >= 0.6 is 23.4 Å². The van der Waals surface area contributed by atoms with E-state index in [4.69, 9.17) is 16.3 Å². The first-order valence-electron chi connectivity index (χ1n) is 10.0. The lowest BCUT2D eigenvalue weighted by atomic mass is 9.96. The first kappa shape index (κ1) is 21.1. The summed E-state index contributed by atoms with van der Waals surface area (Å²) in [4.78, 5) is 13.9. The van der Waals surface area contributed by atoms with Gasteiger partial charge in [-0.05, 0) is 55.3 Å². The van der Waals surface area contributed by atoms with Crippen LogP contribution < -0.4 is 10.1 Å². The molecular formula is C23H28ClNO2S. The molecule has 0 spiro atoms. The summed E-state index contributed by atoms with van der Waals surface area (Å²) in [6, 6.07) is 13.8. The van der Waals surface area contributed by atoms with Crippen molar-refractivity contribution in [2.75, 3.05) is 7.11 Å². The van der Waals surface area contributed by atoms with Crippen LogP contribution in [0.5, 0.6) is 5.75 Å². The molecule has 3 rings (SSSR count). The Morgan fingerprint density at radius 2 is 1.75 bits per heavy atom. The number of carbonyl (C=O) groups is 1. The van der Waals surface area contributed by atoms with Gasteiger partial charge in [-0.15, -0.1) is 11.8 Å². The van der Waals surface area contributed by atoms with Crippen molar-refractivity contribution in [3.05, 3.63) is 58.6 Å². The van der Waals surface area contributed by atoms with Gasteiger partial charge in [0.2, 0.25) is 0 Å². The van der Waals surface area contributed by atoms with E-state index in [1.54, 1.807) is 18.9 Å². The highest BCUT2D eigenvalue weighted by Gasteiger charge is 2.16. The molecule has 0 bridgehead atoms. The number of ether oxygens (including phenoxy) is 1. The minimum Gasteiger partial charge on any atom is -0.496 e. The fourth-order valence-electron chi connectivity index (χ4n) is 3.59. The number of thioether (sulfide) groups is 1. The van der Waals surface area contributed by atoms with Gasteiger partial charge in [0.25, 0.3) is 5.91 Å². The van der Waals surface area contributed by atoms with Gasteiger partial charge in [0, 0.05) is 32.8 Å². The summed E-state index contributed by atoms with van der Waals surface area (Å²) in [5.74, 6) is 1.56. The van der Waals surface area contributed by atoms with Gasteiger partial charge >= 0.3 is 0 Å². The Morgan fingerprint density at radius 1 is 1.07 bits per heavy atom. The Labute approximate surface area is 177 Å². The molecule has 1 amide bonds. The molecular weight excluding hydrogens is 390 g/mol. The van der Waals surface area contributed by atoms with Crippen LogP contribution in [0.3, 0.4) is 0 Å². The summed E-state index contributed by atoms with van der Waals surface area (Å²) in [7, 11) is 1.67. The Hall–Kier alpha value is -1.65. The molecule has 3 nitrogen and oxygen atoms in total. The van der Waals surface area contributed by atoms with Gasteiger partial charge in [0.1, 0.15) is 5.75 Å². The molecule has 5 heteroatoms. The summed E-state index contributed by atoms with van der Waals surface area (Å²) < 4.78 is 5.50. The van der Waals surface area contributed by atoms with Crippen molar-refractivity contribution >= 4 is 29.3 Å². The van der Waals surface area contributed by atoms with Crippen LogP contribution in [0.4, 0.5) is 0 Å². The molecule has 1 aliphatic carbocycles. The van der Waals surface area contributed by atoms with Crippen LogP contribution in [-0.4, -0.2) is 19.1 Å². The third kappa shape index (κ3) is 6.18. The topological polar surface area (TPSA) is 38.3 Å². The first-order chi connectivity index (χ1) is 13.7. The maximum Gasteiger partial charge on any atom is 0.251 e. The number of methoxy groups -OCH3 is 1. The Kier molecular flexibility index (Phi) is 8.11. The van der Waals surface area contributed by atoms with Gasteiger partial charge in [-0.1, -0.05) is 43.7 Å². The smallest absolute Gasteiger partial charge is 0.251 e. The van der Waals surface area contributed by atoms with Crippen LogP contribution in [0.2, 0.25) is 5.02 Å². The quantitative estimate of drug-likeness (QED) is 0.546. The number of rotatable bonds is 6. The highest BCUT2D eigenvalue weighted by atomic mass is 35.5. The zero-order chi connectivity index (χ0) is 19.8. The van der Waals surface area contributed by atoms with Gasteiger partial charge in [-0.2, -0.15) is 0 Å². The van der Waals surface area contributed by atoms with Gasteiger partial charge in [0.05, 0.1) is 7.11 Å². The molecule has 1 N–H and O–H groups in total. The van der Waals surface area contributed by atoms with E-state index in [2.05, 4.69) is 5.32 Å². The lowest BCUT2D eigenvalue weighted by Gasteiger charge is -2.21. The second-order valence-electron chi connectivity index (χ2n) is 7.28. The van der Waals surface area contributed by atoms with Crippen molar-refractivity contribution in [2.45, 2.75) is 61.6 Å². The van der Waals surface area contributed by atoms with Gasteiger partial charge < -0.3 is 10.1 Å². The van der Waals surface area contributed by atoms with Gasteiger partial charge in [-0.25, -0.2) is 0 Å². The predicted octanol–water partition coefficient (Wildman–Crippen LogP) is 6.48. The fourth-order valence-corrected chi connectivity index (χ4v) is 4.60. The molecule has 28 heavy (non-hydrogen) atoms. The van der Waals surface area contributed by atoms with Crippen molar-refractivity contribution in [2.24, 2.45) is 0 Å². The molecule has 150 valence electrons. The molecule has 0 atom stereocenters. The zero-order valence-electron chi connectivity index (χ0n) is 16.4. The molecule has 0 aromatic heterocycles. The number of hydrogen-bond acceptors (Lipinski definition) is 3. The molecule has 0 saturated heterocycles. The molecule has 0 radical (unpaired) electrons. The third-order valence-electron chi connectivity index (χ3n) is 5.19.